The summed E-state index contributed by atoms with van der Waals surface area (Å²) in [5, 5.41) is 8.41. The third-order valence-electron chi connectivity index (χ3n) is 1.54. The van der Waals surface area contributed by atoms with Crippen LogP contribution in [0, 0.1) is 5.92 Å². The predicted molar refractivity (Wildman–Crippen MR) is 43.6 cm³/mol. The Morgan fingerprint density at radius 3 is 2.67 bits per heavy atom. The Labute approximate surface area is 61.8 Å². The fourth-order valence-electron chi connectivity index (χ4n) is 0.553. The van der Waals surface area contributed by atoms with E-state index in [-0.39, 0.29) is 5.94 Å². The van der Waals surface area contributed by atoms with Gasteiger partial charge in [0.1, 0.15) is 0 Å². The van der Waals surface area contributed by atoms with Crippen molar-refractivity contribution in [1.29, 1.82) is 0 Å². The first kappa shape index (κ1) is 9.31. The minimum absolute atomic E-state index is 0.274. The Kier molecular flexibility index (Phi) is 6.65. The molecule has 0 spiro atoms. The van der Waals surface area contributed by atoms with E-state index in [1.54, 1.807) is 11.8 Å². The highest BCUT2D eigenvalue weighted by molar-refractivity contribution is 7.99. The van der Waals surface area contributed by atoms with Crippen LogP contribution in [0.3, 0.4) is 0 Å². The Bertz CT molecular complexity index is 56.9. The lowest BCUT2D eigenvalue weighted by atomic mass is 10.1. The molecule has 0 rings (SSSR count). The normalized spacial score (nSPS) is 13.7. The Balaban J connectivity index is 2.88. The molecule has 1 N–H and O–H groups in total. The lowest BCUT2D eigenvalue weighted by Crippen LogP contribution is -1.93. The second-order valence-electron chi connectivity index (χ2n) is 2.34. The second kappa shape index (κ2) is 6.43. The van der Waals surface area contributed by atoms with Crippen molar-refractivity contribution in [2.24, 2.45) is 5.92 Å². The monoisotopic (exact) mass is 148 g/mol. The van der Waals surface area contributed by atoms with E-state index >= 15 is 0 Å². The van der Waals surface area contributed by atoms with Gasteiger partial charge < -0.3 is 5.11 Å². The molecule has 1 nitrogen and oxygen atoms in total. The van der Waals surface area contributed by atoms with Crippen molar-refractivity contribution in [1.82, 2.24) is 0 Å². The van der Waals surface area contributed by atoms with E-state index in [9.17, 15) is 0 Å². The maximum absolute atomic E-state index is 8.41. The molecule has 0 aromatic carbocycles. The third kappa shape index (κ3) is 6.19. The van der Waals surface area contributed by atoms with E-state index in [0.29, 0.717) is 0 Å². The van der Waals surface area contributed by atoms with Crippen LogP contribution in [-0.2, 0) is 0 Å². The standard InChI is InChI=1S/C7H16OS/c1-3-7(2)4-5-9-6-8/h7-8H,3-6H2,1-2H3. The molecule has 0 aliphatic carbocycles. The Hall–Kier alpha value is 0.310. The zero-order valence-corrected chi connectivity index (χ0v) is 7.08. The molecule has 0 aliphatic heterocycles. The summed E-state index contributed by atoms with van der Waals surface area (Å²) in [6, 6.07) is 0. The summed E-state index contributed by atoms with van der Waals surface area (Å²) in [5.74, 6) is 2.20. The van der Waals surface area contributed by atoms with Gasteiger partial charge in [-0.25, -0.2) is 0 Å². The summed E-state index contributed by atoms with van der Waals surface area (Å²) >= 11 is 1.61. The van der Waals surface area contributed by atoms with Gasteiger partial charge in [-0.15, -0.1) is 11.8 Å². The second-order valence-corrected chi connectivity index (χ2v) is 3.41. The van der Waals surface area contributed by atoms with Crippen LogP contribution in [0.2, 0.25) is 0 Å². The largest absolute Gasteiger partial charge is 0.386 e. The summed E-state index contributed by atoms with van der Waals surface area (Å²) in [7, 11) is 0. The van der Waals surface area contributed by atoms with E-state index in [4.69, 9.17) is 5.11 Å². The molecule has 0 bridgehead atoms. The molecule has 0 fully saturated rings. The van der Waals surface area contributed by atoms with Crippen LogP contribution >= 0.6 is 11.8 Å². The first-order chi connectivity index (χ1) is 4.31. The van der Waals surface area contributed by atoms with Crippen LogP contribution in [0.1, 0.15) is 26.7 Å². The zero-order chi connectivity index (χ0) is 7.11. The highest BCUT2D eigenvalue weighted by atomic mass is 32.2. The minimum Gasteiger partial charge on any atom is -0.386 e. The fourth-order valence-corrected chi connectivity index (χ4v) is 1.25. The Morgan fingerprint density at radius 2 is 2.22 bits per heavy atom. The van der Waals surface area contributed by atoms with Gasteiger partial charge in [0.05, 0.1) is 5.94 Å². The van der Waals surface area contributed by atoms with Crippen molar-refractivity contribution in [2.75, 3.05) is 11.7 Å². The topological polar surface area (TPSA) is 20.2 Å². The van der Waals surface area contributed by atoms with Crippen molar-refractivity contribution >= 4 is 11.8 Å². The summed E-state index contributed by atoms with van der Waals surface area (Å²) in [4.78, 5) is 0. The van der Waals surface area contributed by atoms with Crippen molar-refractivity contribution < 1.29 is 5.11 Å². The molecule has 56 valence electrons. The molecule has 0 amide bonds. The minimum atomic E-state index is 0.274. The molecular weight excluding hydrogens is 132 g/mol. The van der Waals surface area contributed by atoms with Crippen molar-refractivity contribution in [2.45, 2.75) is 26.7 Å². The molecule has 0 saturated heterocycles. The first-order valence-electron chi connectivity index (χ1n) is 3.49. The van der Waals surface area contributed by atoms with Crippen molar-refractivity contribution in [3.05, 3.63) is 0 Å². The van der Waals surface area contributed by atoms with Crippen LogP contribution in [0.25, 0.3) is 0 Å². The quantitative estimate of drug-likeness (QED) is 0.476. The highest BCUT2D eigenvalue weighted by Gasteiger charge is 1.96. The third-order valence-corrected chi connectivity index (χ3v) is 2.25. The first-order valence-corrected chi connectivity index (χ1v) is 4.65. The summed E-state index contributed by atoms with van der Waals surface area (Å²) in [6.07, 6.45) is 2.49. The van der Waals surface area contributed by atoms with Crippen LogP contribution in [-0.4, -0.2) is 16.8 Å². The number of thioether (sulfide) groups is 1. The van der Waals surface area contributed by atoms with Crippen molar-refractivity contribution in [3.8, 4) is 0 Å². The van der Waals surface area contributed by atoms with Gasteiger partial charge in [0.2, 0.25) is 0 Å². The number of aliphatic hydroxyl groups excluding tert-OH is 1. The van der Waals surface area contributed by atoms with Crippen LogP contribution in [0.5, 0.6) is 0 Å². The molecule has 1 unspecified atom stereocenters. The SMILES string of the molecule is CCC(C)CCSCO. The number of rotatable bonds is 5. The van der Waals surface area contributed by atoms with Gasteiger partial charge in [0, 0.05) is 0 Å². The molecule has 0 heterocycles. The molecule has 0 aliphatic rings. The van der Waals surface area contributed by atoms with Gasteiger partial charge in [-0.3, -0.25) is 0 Å². The fraction of sp³-hybridized carbons (Fsp3) is 1.00. The molecule has 0 radical (unpaired) electrons. The zero-order valence-electron chi connectivity index (χ0n) is 6.26. The van der Waals surface area contributed by atoms with Gasteiger partial charge in [-0.2, -0.15) is 0 Å². The summed E-state index contributed by atoms with van der Waals surface area (Å²) in [5.41, 5.74) is 0. The van der Waals surface area contributed by atoms with E-state index < -0.39 is 0 Å². The van der Waals surface area contributed by atoms with Gasteiger partial charge in [0.25, 0.3) is 0 Å². The average molecular weight is 148 g/mol. The van der Waals surface area contributed by atoms with Crippen LogP contribution in [0.15, 0.2) is 0 Å². The van der Waals surface area contributed by atoms with Gasteiger partial charge >= 0.3 is 0 Å². The van der Waals surface area contributed by atoms with E-state index in [2.05, 4.69) is 13.8 Å². The van der Waals surface area contributed by atoms with Crippen LogP contribution in [0.4, 0.5) is 0 Å². The maximum Gasteiger partial charge on any atom is 0.0885 e. The molecule has 0 saturated carbocycles. The molecule has 9 heavy (non-hydrogen) atoms. The summed E-state index contributed by atoms with van der Waals surface area (Å²) < 4.78 is 0. The van der Waals surface area contributed by atoms with E-state index in [1.807, 2.05) is 0 Å². The van der Waals surface area contributed by atoms with Gasteiger partial charge in [-0.05, 0) is 18.1 Å². The lowest BCUT2D eigenvalue weighted by molar-refractivity contribution is 0.375. The van der Waals surface area contributed by atoms with Crippen molar-refractivity contribution in [3.63, 3.8) is 0 Å². The molecule has 0 aromatic rings. The Morgan fingerprint density at radius 1 is 1.56 bits per heavy atom. The molecule has 2 heteroatoms. The molecular formula is C7H16OS. The number of aliphatic hydroxyl groups is 1. The van der Waals surface area contributed by atoms with E-state index in [1.165, 1.54) is 12.8 Å². The highest BCUT2D eigenvalue weighted by Crippen LogP contribution is 2.10. The lowest BCUT2D eigenvalue weighted by Gasteiger charge is -2.05. The number of hydrogen-bond acceptors (Lipinski definition) is 2. The average Bonchev–Trinajstić information content (AvgIpc) is 1.89. The maximum atomic E-state index is 8.41. The van der Waals surface area contributed by atoms with Gasteiger partial charge in [-0.1, -0.05) is 20.3 Å². The smallest absolute Gasteiger partial charge is 0.0885 e. The number of hydrogen-bond donors (Lipinski definition) is 1. The van der Waals surface area contributed by atoms with E-state index in [0.717, 1.165) is 11.7 Å². The summed E-state index contributed by atoms with van der Waals surface area (Å²) in [6.45, 7) is 4.45. The van der Waals surface area contributed by atoms with Gasteiger partial charge in [0.15, 0.2) is 0 Å². The molecule has 1 atom stereocenters. The predicted octanol–water partition coefficient (Wildman–Crippen LogP) is 2.11. The molecule has 0 aromatic heterocycles. The van der Waals surface area contributed by atoms with Crippen LogP contribution < -0.4 is 0 Å².